The van der Waals surface area contributed by atoms with Crippen LogP contribution in [0.15, 0.2) is 83.2 Å². The molecule has 0 bridgehead atoms. The molecule has 6 aliphatic rings. The third-order valence-corrected chi connectivity index (χ3v) is 17.3. The van der Waals surface area contributed by atoms with Gasteiger partial charge >= 0.3 is 0 Å². The van der Waals surface area contributed by atoms with Crippen molar-refractivity contribution in [1.82, 2.24) is 0 Å². The molecule has 2 saturated carbocycles. The number of nitriles is 2. The number of rotatable bonds is 2. The Hall–Kier alpha value is -6.20. The quantitative estimate of drug-likeness (QED) is 0.101. The number of nitrogens with zero attached hydrogens (tertiary/aromatic N) is 4. The number of thiophene rings is 3. The number of hydrogen-bond acceptors (Lipinski definition) is 7. The van der Waals surface area contributed by atoms with Crippen LogP contribution in [-0.2, 0) is 10.8 Å². The lowest BCUT2D eigenvalue weighted by molar-refractivity contribution is 0.103. The first kappa shape index (κ1) is 35.9. The Bertz CT molecular complexity index is 2860. The van der Waals surface area contributed by atoms with E-state index in [0.717, 1.165) is 61.1 Å². The molecular formula is C50H32N4O2S3. The van der Waals surface area contributed by atoms with E-state index in [9.17, 15) is 20.1 Å². The van der Waals surface area contributed by atoms with E-state index in [1.54, 1.807) is 34.8 Å². The summed E-state index contributed by atoms with van der Waals surface area (Å²) < 4.78 is 0. The van der Waals surface area contributed by atoms with Crippen LogP contribution in [-0.4, -0.2) is 11.6 Å². The maximum Gasteiger partial charge on any atom is 0.270 e. The Morgan fingerprint density at radius 1 is 0.576 bits per heavy atom. The number of carbonyl (C=O) groups is 2. The van der Waals surface area contributed by atoms with Crippen LogP contribution in [0.4, 0.5) is 0 Å². The van der Waals surface area contributed by atoms with E-state index in [0.29, 0.717) is 44.5 Å². The van der Waals surface area contributed by atoms with E-state index in [1.165, 1.54) is 54.6 Å². The Morgan fingerprint density at radius 3 is 1.34 bits per heavy atom. The summed E-state index contributed by atoms with van der Waals surface area (Å²) in [5.74, 6) is -0.301. The second-order valence-electron chi connectivity index (χ2n) is 16.3. The first-order chi connectivity index (χ1) is 28.9. The van der Waals surface area contributed by atoms with Gasteiger partial charge in [-0.1, -0.05) is 87.1 Å². The summed E-state index contributed by atoms with van der Waals surface area (Å²) in [6, 6.07) is 23.3. The maximum absolute atomic E-state index is 13.9. The Morgan fingerprint density at radius 2 is 0.966 bits per heavy atom. The van der Waals surface area contributed by atoms with Crippen molar-refractivity contribution in [3.05, 3.63) is 160 Å². The molecule has 282 valence electrons. The van der Waals surface area contributed by atoms with Gasteiger partial charge in [-0.2, -0.15) is 0 Å². The molecule has 2 aromatic carbocycles. The van der Waals surface area contributed by atoms with Gasteiger partial charge in [-0.25, -0.2) is 20.2 Å². The van der Waals surface area contributed by atoms with Crippen molar-refractivity contribution in [3.63, 3.8) is 0 Å². The minimum absolute atomic E-state index is 0.0649. The van der Waals surface area contributed by atoms with Gasteiger partial charge in [0.05, 0.1) is 25.3 Å². The molecule has 3 aromatic heterocycles. The van der Waals surface area contributed by atoms with Gasteiger partial charge in [0, 0.05) is 73.5 Å². The van der Waals surface area contributed by atoms with E-state index in [4.69, 9.17) is 13.1 Å². The summed E-state index contributed by atoms with van der Waals surface area (Å²) in [6.07, 6.45) is 15.2. The van der Waals surface area contributed by atoms with Crippen molar-refractivity contribution in [2.75, 3.05) is 0 Å². The lowest BCUT2D eigenvalue weighted by atomic mass is 9.61. The summed E-state index contributed by atoms with van der Waals surface area (Å²) in [6.45, 7) is 15.5. The second-order valence-corrected chi connectivity index (χ2v) is 19.5. The van der Waals surface area contributed by atoms with Crippen LogP contribution in [0.3, 0.4) is 0 Å². The average molecular weight is 817 g/mol. The summed E-state index contributed by atoms with van der Waals surface area (Å²) in [5.41, 5.74) is 9.48. The third-order valence-electron chi connectivity index (χ3n) is 13.6. The molecule has 5 aromatic rings. The minimum Gasteiger partial charge on any atom is -0.289 e. The van der Waals surface area contributed by atoms with Gasteiger partial charge in [-0.15, -0.1) is 34.0 Å². The molecule has 0 aliphatic heterocycles. The SMILES string of the molecule is [C-]#[N+]/C(C#N)=C1\C(=C/c2cc3c(s2)-c2sc4c(c2C32CCCCC2)C2(CCCCC2)c2cc(/C=C3\C(=O)c5ccccc5\C3=C(\C#N)[N+]#[C-])sc2-4)C(=O)c2ccccc21. The zero-order chi connectivity index (χ0) is 40.2. The zero-order valence-electron chi connectivity index (χ0n) is 31.8. The molecular weight excluding hydrogens is 785 g/mol. The number of allylic oxidation sites excluding steroid dienone is 6. The van der Waals surface area contributed by atoms with E-state index in [1.807, 2.05) is 59.9 Å². The summed E-state index contributed by atoms with van der Waals surface area (Å²) in [4.78, 5) is 42.1. The molecule has 0 saturated heterocycles. The molecule has 0 atom stereocenters. The number of benzene rings is 2. The molecule has 6 aliphatic carbocycles. The molecule has 2 fully saturated rings. The predicted molar refractivity (Wildman–Crippen MR) is 234 cm³/mol. The maximum atomic E-state index is 13.9. The largest absolute Gasteiger partial charge is 0.289 e. The van der Waals surface area contributed by atoms with Gasteiger partial charge in [-0.3, -0.25) is 9.59 Å². The van der Waals surface area contributed by atoms with E-state index >= 15 is 0 Å². The van der Waals surface area contributed by atoms with Crippen molar-refractivity contribution in [2.45, 2.75) is 75.0 Å². The highest BCUT2D eigenvalue weighted by atomic mass is 32.1. The molecule has 0 amide bonds. The molecule has 6 nitrogen and oxygen atoms in total. The van der Waals surface area contributed by atoms with Gasteiger partial charge in [0.1, 0.15) is 0 Å². The Balaban J connectivity index is 1.09. The second kappa shape index (κ2) is 13.2. The van der Waals surface area contributed by atoms with Gasteiger partial charge < -0.3 is 0 Å². The standard InChI is InChI=1S/C50H32N4O2S3/c1-53-37(25-51)39-29-13-5-7-15-31(29)43(55)33(39)21-27-23-35-45(57-27)47-41(49(35)17-9-3-10-18-49)42-48(59-47)46-36(50(42)19-11-4-12-20-50)24-28(58-46)22-34-40(38(26-52)54-2)30-14-6-8-16-32(30)44(34)56/h5-8,13-16,21-24H,3-4,9-12,17-20H2/b33-21-,34-22+,39-37+,40-38-. The third kappa shape index (κ3) is 4.79. The average Bonchev–Trinajstić information content (AvgIpc) is 4.13. The van der Waals surface area contributed by atoms with Gasteiger partial charge in [-0.05, 0) is 83.3 Å². The van der Waals surface area contributed by atoms with E-state index in [-0.39, 0.29) is 33.8 Å². The van der Waals surface area contributed by atoms with Crippen molar-refractivity contribution in [1.29, 1.82) is 10.5 Å². The van der Waals surface area contributed by atoms with Crippen molar-refractivity contribution in [3.8, 4) is 31.6 Å². The van der Waals surface area contributed by atoms with Crippen LogP contribution in [0.1, 0.15) is 128 Å². The lowest BCUT2D eigenvalue weighted by Gasteiger charge is -2.41. The highest BCUT2D eigenvalue weighted by Crippen LogP contribution is 2.70. The predicted octanol–water partition coefficient (Wildman–Crippen LogP) is 13.2. The molecule has 9 heteroatoms. The van der Waals surface area contributed by atoms with Crippen LogP contribution in [0, 0.1) is 35.8 Å². The van der Waals surface area contributed by atoms with Crippen molar-refractivity contribution < 1.29 is 9.59 Å². The molecule has 2 spiro atoms. The first-order valence-electron chi connectivity index (χ1n) is 20.1. The fourth-order valence-corrected chi connectivity index (χ4v) is 15.4. The smallest absolute Gasteiger partial charge is 0.270 e. The number of hydrogen-bond donors (Lipinski definition) is 0. The van der Waals surface area contributed by atoms with Crippen LogP contribution in [0.25, 0.3) is 52.5 Å². The summed E-state index contributed by atoms with van der Waals surface area (Å²) >= 11 is 5.37. The molecule has 0 unspecified atom stereocenters. The summed E-state index contributed by atoms with van der Waals surface area (Å²) in [5, 5.41) is 19.9. The first-order valence-corrected chi connectivity index (χ1v) is 22.6. The normalized spacial score (nSPS) is 21.6. The van der Waals surface area contributed by atoms with Gasteiger partial charge in [0.25, 0.3) is 11.4 Å². The molecule has 59 heavy (non-hydrogen) atoms. The zero-order valence-corrected chi connectivity index (χ0v) is 34.3. The van der Waals surface area contributed by atoms with Crippen molar-refractivity contribution in [2.24, 2.45) is 0 Å². The van der Waals surface area contributed by atoms with Gasteiger partial charge in [0.2, 0.25) is 0 Å². The van der Waals surface area contributed by atoms with E-state index < -0.39 is 0 Å². The van der Waals surface area contributed by atoms with E-state index in [2.05, 4.69) is 34.0 Å². The molecule has 0 radical (unpaired) electrons. The topological polar surface area (TPSA) is 90.4 Å². The number of fused-ring (bicyclic) bond motifs is 13. The molecule has 11 rings (SSSR count). The number of Topliss-reactive ketones (excluding diaryl/α,β-unsaturated/α-hetero) is 2. The van der Waals surface area contributed by atoms with Crippen LogP contribution in [0.5, 0.6) is 0 Å². The highest BCUT2D eigenvalue weighted by molar-refractivity contribution is 7.27. The number of ketones is 2. The number of carbonyl (C=O) groups excluding carboxylic acids is 2. The fraction of sp³-hybridized carbons (Fsp3) is 0.240. The summed E-state index contributed by atoms with van der Waals surface area (Å²) in [7, 11) is 0. The van der Waals surface area contributed by atoms with Gasteiger partial charge in [0.15, 0.2) is 11.6 Å². The van der Waals surface area contributed by atoms with Crippen LogP contribution in [0.2, 0.25) is 0 Å². The monoisotopic (exact) mass is 816 g/mol. The highest BCUT2D eigenvalue weighted by Gasteiger charge is 2.56. The molecule has 0 N–H and O–H groups in total. The molecule has 3 heterocycles. The van der Waals surface area contributed by atoms with Crippen LogP contribution >= 0.6 is 34.0 Å². The Labute approximate surface area is 354 Å². The Kier molecular flexibility index (Phi) is 8.01. The lowest BCUT2D eigenvalue weighted by Crippen LogP contribution is -2.34. The van der Waals surface area contributed by atoms with Crippen LogP contribution < -0.4 is 0 Å². The minimum atomic E-state index is -0.150. The fourth-order valence-electron chi connectivity index (χ4n) is 11.2. The van der Waals surface area contributed by atoms with Crippen molar-refractivity contribution >= 4 is 68.9 Å².